The van der Waals surface area contributed by atoms with Gasteiger partial charge in [-0.15, -0.1) is 0 Å². The average molecular weight is 231 g/mol. The second-order valence-electron chi connectivity index (χ2n) is 4.20. The number of ether oxygens (including phenoxy) is 1. The number of carbonyl (C=O) groups excluding carboxylic acids is 1. The number of rotatable bonds is 5. The smallest absolute Gasteiger partial charge is 0.137 e. The van der Waals surface area contributed by atoms with Crippen molar-refractivity contribution in [3.8, 4) is 11.8 Å². The molecule has 0 bridgehead atoms. The summed E-state index contributed by atoms with van der Waals surface area (Å²) >= 11 is 0. The summed E-state index contributed by atoms with van der Waals surface area (Å²) in [5.41, 5.74) is 0.945. The van der Waals surface area contributed by atoms with Crippen LogP contribution in [0.2, 0.25) is 0 Å². The fourth-order valence-electron chi connectivity index (χ4n) is 1.78. The highest BCUT2D eigenvalue weighted by Gasteiger charge is 2.19. The van der Waals surface area contributed by atoms with Crippen molar-refractivity contribution in [3.63, 3.8) is 0 Å². The van der Waals surface area contributed by atoms with Crippen LogP contribution in [-0.4, -0.2) is 12.9 Å². The van der Waals surface area contributed by atoms with Crippen LogP contribution < -0.4 is 4.74 Å². The molecular weight excluding hydrogens is 214 g/mol. The second-order valence-corrected chi connectivity index (χ2v) is 4.20. The van der Waals surface area contributed by atoms with Crippen molar-refractivity contribution in [2.75, 3.05) is 7.11 Å². The molecule has 3 nitrogen and oxygen atoms in total. The summed E-state index contributed by atoms with van der Waals surface area (Å²) in [6, 6.07) is 9.60. The van der Waals surface area contributed by atoms with E-state index in [1.807, 2.05) is 31.2 Å². The van der Waals surface area contributed by atoms with E-state index >= 15 is 0 Å². The van der Waals surface area contributed by atoms with Crippen LogP contribution in [0.1, 0.15) is 31.7 Å². The molecule has 1 rings (SSSR count). The molecule has 0 radical (unpaired) electrons. The van der Waals surface area contributed by atoms with Gasteiger partial charge in [0.05, 0.1) is 13.2 Å². The number of hydrogen-bond donors (Lipinski definition) is 0. The number of carbonyl (C=O) groups is 1. The van der Waals surface area contributed by atoms with Crippen LogP contribution >= 0.6 is 0 Å². The van der Waals surface area contributed by atoms with Gasteiger partial charge in [-0.3, -0.25) is 4.79 Å². The molecule has 0 aromatic heterocycles. The SMILES string of the molecule is COc1ccc(C(CC(C)C#N)C(C)=O)cc1. The first kappa shape index (κ1) is 13.2. The van der Waals surface area contributed by atoms with Crippen molar-refractivity contribution in [3.05, 3.63) is 29.8 Å². The van der Waals surface area contributed by atoms with E-state index in [0.717, 1.165) is 11.3 Å². The molecule has 0 spiro atoms. The van der Waals surface area contributed by atoms with Gasteiger partial charge in [0.15, 0.2) is 0 Å². The minimum atomic E-state index is -0.199. The maximum absolute atomic E-state index is 11.6. The maximum atomic E-state index is 11.6. The minimum absolute atomic E-state index is 0.0947. The van der Waals surface area contributed by atoms with Crippen LogP contribution in [0.4, 0.5) is 0 Å². The van der Waals surface area contributed by atoms with Gasteiger partial charge in [-0.1, -0.05) is 12.1 Å². The van der Waals surface area contributed by atoms with Crippen LogP contribution in [0.15, 0.2) is 24.3 Å². The number of nitrogens with zero attached hydrogens (tertiary/aromatic N) is 1. The molecule has 90 valence electrons. The van der Waals surface area contributed by atoms with Crippen molar-refractivity contribution in [2.24, 2.45) is 5.92 Å². The van der Waals surface area contributed by atoms with Gasteiger partial charge in [0, 0.05) is 11.8 Å². The Labute approximate surface area is 102 Å². The first-order valence-corrected chi connectivity index (χ1v) is 5.62. The van der Waals surface area contributed by atoms with E-state index in [9.17, 15) is 4.79 Å². The highest BCUT2D eigenvalue weighted by atomic mass is 16.5. The predicted molar refractivity (Wildman–Crippen MR) is 65.8 cm³/mol. The van der Waals surface area contributed by atoms with Crippen LogP contribution in [0.3, 0.4) is 0 Å². The molecule has 0 aliphatic rings. The Balaban J connectivity index is 2.90. The van der Waals surface area contributed by atoms with E-state index in [0.29, 0.717) is 6.42 Å². The standard InChI is InChI=1S/C14H17NO2/c1-10(9-15)8-14(11(2)16)12-4-6-13(17-3)7-5-12/h4-7,10,14H,8H2,1-3H3. The fraction of sp³-hybridized carbons (Fsp3) is 0.429. The number of Topliss-reactive ketones (excluding diaryl/α,β-unsaturated/α-hetero) is 1. The first-order chi connectivity index (χ1) is 8.08. The first-order valence-electron chi connectivity index (χ1n) is 5.62. The summed E-state index contributed by atoms with van der Waals surface area (Å²) in [4.78, 5) is 11.6. The summed E-state index contributed by atoms with van der Waals surface area (Å²) in [6.45, 7) is 3.40. The normalized spacial score (nSPS) is 13.5. The maximum Gasteiger partial charge on any atom is 0.137 e. The van der Waals surface area contributed by atoms with Gasteiger partial charge in [0.2, 0.25) is 0 Å². The average Bonchev–Trinajstić information content (AvgIpc) is 2.35. The molecule has 0 aliphatic carbocycles. The van der Waals surface area contributed by atoms with E-state index in [2.05, 4.69) is 6.07 Å². The Morgan fingerprint density at radius 1 is 1.41 bits per heavy atom. The highest BCUT2D eigenvalue weighted by Crippen LogP contribution is 2.26. The molecule has 3 heteroatoms. The van der Waals surface area contributed by atoms with Crippen LogP contribution in [0.25, 0.3) is 0 Å². The zero-order valence-electron chi connectivity index (χ0n) is 10.4. The molecule has 0 fully saturated rings. The summed E-state index contributed by atoms with van der Waals surface area (Å²) in [7, 11) is 1.61. The van der Waals surface area contributed by atoms with E-state index < -0.39 is 0 Å². The zero-order chi connectivity index (χ0) is 12.8. The number of ketones is 1. The lowest BCUT2D eigenvalue weighted by Crippen LogP contribution is -2.12. The van der Waals surface area contributed by atoms with E-state index in [-0.39, 0.29) is 17.6 Å². The zero-order valence-corrected chi connectivity index (χ0v) is 10.4. The molecule has 0 saturated carbocycles. The summed E-state index contributed by atoms with van der Waals surface area (Å²) < 4.78 is 5.07. The Morgan fingerprint density at radius 3 is 2.41 bits per heavy atom. The van der Waals surface area contributed by atoms with Crippen LogP contribution in [0, 0.1) is 17.2 Å². The number of methoxy groups -OCH3 is 1. The molecule has 2 unspecified atom stereocenters. The monoisotopic (exact) mass is 231 g/mol. The molecule has 0 heterocycles. The lowest BCUT2D eigenvalue weighted by atomic mass is 9.87. The minimum Gasteiger partial charge on any atom is -0.497 e. The Morgan fingerprint density at radius 2 is 2.00 bits per heavy atom. The third-order valence-corrected chi connectivity index (χ3v) is 2.82. The Kier molecular flexibility index (Phi) is 4.71. The van der Waals surface area contributed by atoms with Gasteiger partial charge in [-0.2, -0.15) is 5.26 Å². The second kappa shape index (κ2) is 6.05. The lowest BCUT2D eigenvalue weighted by molar-refractivity contribution is -0.118. The van der Waals surface area contributed by atoms with Gasteiger partial charge in [-0.25, -0.2) is 0 Å². The summed E-state index contributed by atoms with van der Waals surface area (Å²) in [6.07, 6.45) is 0.568. The van der Waals surface area contributed by atoms with Crippen molar-refractivity contribution >= 4 is 5.78 Å². The van der Waals surface area contributed by atoms with Crippen LogP contribution in [0.5, 0.6) is 5.75 Å². The lowest BCUT2D eigenvalue weighted by Gasteiger charge is -2.15. The Bertz CT molecular complexity index is 417. The van der Waals surface area contributed by atoms with Gasteiger partial charge in [0.25, 0.3) is 0 Å². The van der Waals surface area contributed by atoms with Gasteiger partial charge < -0.3 is 4.74 Å². The van der Waals surface area contributed by atoms with Gasteiger partial charge in [0.1, 0.15) is 11.5 Å². The van der Waals surface area contributed by atoms with E-state index in [1.165, 1.54) is 0 Å². The summed E-state index contributed by atoms with van der Waals surface area (Å²) in [5.74, 6) is 0.545. The fourth-order valence-corrected chi connectivity index (χ4v) is 1.78. The topological polar surface area (TPSA) is 50.1 Å². The van der Waals surface area contributed by atoms with E-state index in [1.54, 1.807) is 14.0 Å². The molecule has 1 aromatic rings. The third kappa shape index (κ3) is 3.60. The predicted octanol–water partition coefficient (Wildman–Crippen LogP) is 2.92. The van der Waals surface area contributed by atoms with E-state index in [4.69, 9.17) is 10.00 Å². The summed E-state index contributed by atoms with van der Waals surface area (Å²) in [5, 5.41) is 8.81. The van der Waals surface area contributed by atoms with Gasteiger partial charge >= 0.3 is 0 Å². The van der Waals surface area contributed by atoms with Crippen molar-refractivity contribution in [2.45, 2.75) is 26.2 Å². The third-order valence-electron chi connectivity index (χ3n) is 2.82. The van der Waals surface area contributed by atoms with Crippen molar-refractivity contribution in [1.82, 2.24) is 0 Å². The van der Waals surface area contributed by atoms with Crippen molar-refractivity contribution < 1.29 is 9.53 Å². The molecule has 0 aliphatic heterocycles. The number of hydrogen-bond acceptors (Lipinski definition) is 3. The number of benzene rings is 1. The molecule has 0 N–H and O–H groups in total. The highest BCUT2D eigenvalue weighted by molar-refractivity contribution is 5.83. The largest absolute Gasteiger partial charge is 0.497 e. The molecule has 0 saturated heterocycles. The molecule has 1 aromatic carbocycles. The molecule has 17 heavy (non-hydrogen) atoms. The molecule has 0 amide bonds. The number of nitriles is 1. The Hall–Kier alpha value is -1.82. The van der Waals surface area contributed by atoms with Crippen molar-refractivity contribution in [1.29, 1.82) is 5.26 Å². The quantitative estimate of drug-likeness (QED) is 0.782. The van der Waals surface area contributed by atoms with Crippen LogP contribution in [-0.2, 0) is 4.79 Å². The molecular formula is C14H17NO2. The van der Waals surface area contributed by atoms with Gasteiger partial charge in [-0.05, 0) is 38.0 Å². The molecule has 2 atom stereocenters.